The molecule has 2 N–H and O–H groups in total. The topological polar surface area (TPSA) is 58.6 Å². The fourth-order valence-corrected chi connectivity index (χ4v) is 1.61. The van der Waals surface area contributed by atoms with Crippen LogP contribution in [0, 0.1) is 0 Å². The van der Waals surface area contributed by atoms with Gasteiger partial charge in [-0.2, -0.15) is 0 Å². The van der Waals surface area contributed by atoms with Gasteiger partial charge in [-0.15, -0.1) is 0 Å². The van der Waals surface area contributed by atoms with Crippen molar-refractivity contribution in [2.24, 2.45) is 0 Å². The third-order valence-corrected chi connectivity index (χ3v) is 2.46. The minimum Gasteiger partial charge on any atom is -0.480 e. The first-order valence-corrected chi connectivity index (χ1v) is 4.14. The number of ether oxygens (including phenoxy) is 1. The monoisotopic (exact) mass is 173 g/mol. The molecule has 4 nitrogen and oxygen atoms in total. The fourth-order valence-electron chi connectivity index (χ4n) is 1.61. The Balaban J connectivity index is 2.71. The van der Waals surface area contributed by atoms with E-state index in [0.717, 1.165) is 0 Å². The molecule has 0 saturated carbocycles. The molecule has 0 spiro atoms. The van der Waals surface area contributed by atoms with Crippen molar-refractivity contribution in [3.63, 3.8) is 0 Å². The number of aliphatic carboxylic acids is 1. The summed E-state index contributed by atoms with van der Waals surface area (Å²) in [5.41, 5.74) is -0.766. The van der Waals surface area contributed by atoms with Crippen LogP contribution in [0.3, 0.4) is 0 Å². The number of rotatable bonds is 2. The quantitative estimate of drug-likeness (QED) is 0.627. The maximum Gasteiger partial charge on any atom is 0.324 e. The molecule has 1 saturated heterocycles. The van der Waals surface area contributed by atoms with Crippen LogP contribution in [0.5, 0.6) is 0 Å². The molecule has 12 heavy (non-hydrogen) atoms. The van der Waals surface area contributed by atoms with E-state index in [-0.39, 0.29) is 6.10 Å². The van der Waals surface area contributed by atoms with Crippen LogP contribution in [-0.2, 0) is 9.53 Å². The summed E-state index contributed by atoms with van der Waals surface area (Å²) in [7, 11) is 1.69. The first kappa shape index (κ1) is 9.48. The van der Waals surface area contributed by atoms with Crippen molar-refractivity contribution >= 4 is 5.97 Å². The second-order valence-electron chi connectivity index (χ2n) is 3.27. The molecule has 0 bridgehead atoms. The highest BCUT2D eigenvalue weighted by molar-refractivity contribution is 5.78. The van der Waals surface area contributed by atoms with E-state index in [9.17, 15) is 4.79 Å². The summed E-state index contributed by atoms with van der Waals surface area (Å²) in [6.45, 7) is 2.42. The van der Waals surface area contributed by atoms with Crippen LogP contribution in [0.4, 0.5) is 0 Å². The molecule has 0 aromatic carbocycles. The molecule has 2 atom stereocenters. The van der Waals surface area contributed by atoms with Crippen molar-refractivity contribution in [3.8, 4) is 0 Å². The molecule has 1 aliphatic rings. The molecule has 0 amide bonds. The Labute approximate surface area is 71.9 Å². The Morgan fingerprint density at radius 1 is 1.75 bits per heavy atom. The number of hydrogen-bond acceptors (Lipinski definition) is 3. The maximum absolute atomic E-state index is 10.9. The summed E-state index contributed by atoms with van der Waals surface area (Å²) in [5, 5.41) is 11.9. The van der Waals surface area contributed by atoms with E-state index in [1.165, 1.54) is 0 Å². The van der Waals surface area contributed by atoms with Crippen molar-refractivity contribution in [2.75, 3.05) is 13.7 Å². The number of carboxylic acids is 1. The van der Waals surface area contributed by atoms with Crippen LogP contribution < -0.4 is 5.32 Å². The van der Waals surface area contributed by atoms with Gasteiger partial charge in [-0.05, 0) is 20.4 Å². The highest BCUT2D eigenvalue weighted by Gasteiger charge is 2.40. The standard InChI is InChI=1S/C8H15NO3/c1-6-5-8(9-2,7(10)11)3-4-12-6/h6,9H,3-5H2,1-2H3,(H,10,11). The zero-order valence-corrected chi connectivity index (χ0v) is 7.46. The molecule has 1 fully saturated rings. The Morgan fingerprint density at radius 3 is 2.75 bits per heavy atom. The molecule has 0 aromatic heterocycles. The number of carboxylic acid groups (broad SMARTS) is 1. The highest BCUT2D eigenvalue weighted by Crippen LogP contribution is 2.24. The van der Waals surface area contributed by atoms with E-state index in [0.29, 0.717) is 19.4 Å². The van der Waals surface area contributed by atoms with Gasteiger partial charge in [0.15, 0.2) is 0 Å². The molecule has 1 rings (SSSR count). The largest absolute Gasteiger partial charge is 0.480 e. The van der Waals surface area contributed by atoms with Gasteiger partial charge in [0.25, 0.3) is 0 Å². The van der Waals surface area contributed by atoms with Gasteiger partial charge in [-0.1, -0.05) is 0 Å². The molecule has 0 aliphatic carbocycles. The summed E-state index contributed by atoms with van der Waals surface area (Å²) >= 11 is 0. The minimum atomic E-state index is -0.778. The summed E-state index contributed by atoms with van der Waals surface area (Å²) in [4.78, 5) is 10.9. The van der Waals surface area contributed by atoms with Gasteiger partial charge in [-0.3, -0.25) is 4.79 Å². The van der Waals surface area contributed by atoms with Gasteiger partial charge < -0.3 is 15.2 Å². The van der Waals surface area contributed by atoms with E-state index in [1.54, 1.807) is 7.05 Å². The van der Waals surface area contributed by atoms with Crippen molar-refractivity contribution in [2.45, 2.75) is 31.4 Å². The van der Waals surface area contributed by atoms with Crippen LogP contribution >= 0.6 is 0 Å². The van der Waals surface area contributed by atoms with Gasteiger partial charge >= 0.3 is 5.97 Å². The van der Waals surface area contributed by atoms with Crippen LogP contribution in [0.1, 0.15) is 19.8 Å². The van der Waals surface area contributed by atoms with Crippen molar-refractivity contribution in [1.82, 2.24) is 5.32 Å². The lowest BCUT2D eigenvalue weighted by Gasteiger charge is -2.36. The Bertz CT molecular complexity index is 183. The second kappa shape index (κ2) is 3.41. The molecule has 2 unspecified atom stereocenters. The van der Waals surface area contributed by atoms with Gasteiger partial charge in [0.1, 0.15) is 5.54 Å². The van der Waals surface area contributed by atoms with Crippen LogP contribution in [0.25, 0.3) is 0 Å². The fraction of sp³-hybridized carbons (Fsp3) is 0.875. The van der Waals surface area contributed by atoms with E-state index >= 15 is 0 Å². The van der Waals surface area contributed by atoms with E-state index in [2.05, 4.69) is 5.32 Å². The van der Waals surface area contributed by atoms with E-state index in [4.69, 9.17) is 9.84 Å². The number of nitrogens with one attached hydrogen (secondary N) is 1. The van der Waals surface area contributed by atoms with Crippen LogP contribution in [0.15, 0.2) is 0 Å². The lowest BCUT2D eigenvalue weighted by Crippen LogP contribution is -2.55. The van der Waals surface area contributed by atoms with Crippen molar-refractivity contribution in [3.05, 3.63) is 0 Å². The van der Waals surface area contributed by atoms with Crippen LogP contribution in [-0.4, -0.2) is 36.4 Å². The molecule has 70 valence electrons. The highest BCUT2D eigenvalue weighted by atomic mass is 16.5. The summed E-state index contributed by atoms with van der Waals surface area (Å²) in [6, 6.07) is 0. The molecule has 1 aliphatic heterocycles. The van der Waals surface area contributed by atoms with Gasteiger partial charge in [0, 0.05) is 13.0 Å². The summed E-state index contributed by atoms with van der Waals surface area (Å²) in [6.07, 6.45) is 1.12. The Kier molecular flexibility index (Phi) is 2.69. The molecule has 1 heterocycles. The SMILES string of the molecule is CNC1(C(=O)O)CCOC(C)C1. The average Bonchev–Trinajstić information content (AvgIpc) is 2.04. The summed E-state index contributed by atoms with van der Waals surface area (Å²) < 4.78 is 5.28. The normalized spacial score (nSPS) is 36.3. The minimum absolute atomic E-state index is 0.0299. The predicted molar refractivity (Wildman–Crippen MR) is 44.1 cm³/mol. The smallest absolute Gasteiger partial charge is 0.324 e. The Hall–Kier alpha value is -0.610. The Morgan fingerprint density at radius 2 is 2.42 bits per heavy atom. The first-order chi connectivity index (χ1) is 5.60. The maximum atomic E-state index is 10.9. The van der Waals surface area contributed by atoms with Gasteiger partial charge in [0.05, 0.1) is 6.10 Å². The molecule has 0 aromatic rings. The lowest BCUT2D eigenvalue weighted by molar-refractivity contribution is -0.151. The van der Waals surface area contributed by atoms with Gasteiger partial charge in [-0.25, -0.2) is 0 Å². The van der Waals surface area contributed by atoms with E-state index < -0.39 is 11.5 Å². The van der Waals surface area contributed by atoms with Gasteiger partial charge in [0.2, 0.25) is 0 Å². The molecular formula is C8H15NO3. The zero-order valence-electron chi connectivity index (χ0n) is 7.46. The molecular weight excluding hydrogens is 158 g/mol. The lowest BCUT2D eigenvalue weighted by atomic mass is 9.87. The van der Waals surface area contributed by atoms with Crippen molar-refractivity contribution < 1.29 is 14.6 Å². The predicted octanol–water partition coefficient (Wildman–Crippen LogP) is 0.228. The zero-order chi connectivity index (χ0) is 9.19. The third kappa shape index (κ3) is 1.59. The second-order valence-corrected chi connectivity index (χ2v) is 3.27. The number of hydrogen-bond donors (Lipinski definition) is 2. The summed E-state index contributed by atoms with van der Waals surface area (Å²) in [5.74, 6) is -0.778. The molecule has 4 heteroatoms. The number of likely N-dealkylation sites (N-methyl/N-ethyl adjacent to an activating group) is 1. The molecule has 0 radical (unpaired) electrons. The van der Waals surface area contributed by atoms with Crippen molar-refractivity contribution in [1.29, 1.82) is 0 Å². The number of carbonyl (C=O) groups is 1. The van der Waals surface area contributed by atoms with E-state index in [1.807, 2.05) is 6.92 Å². The third-order valence-electron chi connectivity index (χ3n) is 2.46. The average molecular weight is 173 g/mol. The van der Waals surface area contributed by atoms with Crippen LogP contribution in [0.2, 0.25) is 0 Å². The first-order valence-electron chi connectivity index (χ1n) is 4.14.